The van der Waals surface area contributed by atoms with Gasteiger partial charge in [-0.1, -0.05) is 208 Å². The summed E-state index contributed by atoms with van der Waals surface area (Å²) in [6.07, 6.45) is 0. The first-order valence-electron chi connectivity index (χ1n) is 20.4. The van der Waals surface area contributed by atoms with E-state index in [0.29, 0.717) is 5.82 Å². The third-order valence-electron chi connectivity index (χ3n) is 12.3. The Balaban J connectivity index is 1.01. The zero-order valence-corrected chi connectivity index (χ0v) is 33.0. The van der Waals surface area contributed by atoms with E-state index >= 15 is 0 Å². The monoisotopic (exact) mass is 752 g/mol. The summed E-state index contributed by atoms with van der Waals surface area (Å²) in [5.74, 6) is 0.705. The predicted molar refractivity (Wildman–Crippen MR) is 247 cm³/mol. The summed E-state index contributed by atoms with van der Waals surface area (Å²) in [6, 6.07) is 74.1. The van der Waals surface area contributed by atoms with Crippen molar-refractivity contribution >= 4 is 21.5 Å². The quantitative estimate of drug-likeness (QED) is 0.169. The first-order valence-corrected chi connectivity index (χ1v) is 20.4. The predicted octanol–water partition coefficient (Wildman–Crippen LogP) is 15.1. The SMILES string of the molecule is CC1(C)c2c(-c3ccc(-c4ccc(-c5nc(-c6ccccc6)cc(-c6ccccc6-c6ccccc6)n5)c5ccccc45)cc3)cccc2-c2ccc3ccccc3c21. The third kappa shape index (κ3) is 5.79. The van der Waals surface area contributed by atoms with Gasteiger partial charge in [-0.3, -0.25) is 0 Å². The lowest BCUT2D eigenvalue weighted by molar-refractivity contribution is 0.668. The summed E-state index contributed by atoms with van der Waals surface area (Å²) in [6.45, 7) is 4.78. The van der Waals surface area contributed by atoms with Crippen molar-refractivity contribution in [3.05, 3.63) is 217 Å². The molecule has 0 unspecified atom stereocenters. The van der Waals surface area contributed by atoms with E-state index in [1.807, 2.05) is 6.07 Å². The minimum Gasteiger partial charge on any atom is -0.228 e. The van der Waals surface area contributed by atoms with E-state index in [4.69, 9.17) is 9.97 Å². The molecule has 0 saturated heterocycles. The Morgan fingerprint density at radius 2 is 0.797 bits per heavy atom. The van der Waals surface area contributed by atoms with Crippen LogP contribution in [0.1, 0.15) is 25.0 Å². The van der Waals surface area contributed by atoms with Gasteiger partial charge in [0.15, 0.2) is 5.82 Å². The fourth-order valence-electron chi connectivity index (χ4n) is 9.60. The molecule has 278 valence electrons. The molecule has 0 fully saturated rings. The van der Waals surface area contributed by atoms with Crippen LogP contribution in [0.3, 0.4) is 0 Å². The molecule has 2 nitrogen and oxygen atoms in total. The number of hydrogen-bond donors (Lipinski definition) is 0. The molecular formula is C57H40N2. The van der Waals surface area contributed by atoms with Gasteiger partial charge in [0.05, 0.1) is 11.4 Å². The van der Waals surface area contributed by atoms with Crippen LogP contribution in [-0.2, 0) is 5.41 Å². The molecule has 1 heterocycles. The average Bonchev–Trinajstić information content (AvgIpc) is 3.55. The first-order chi connectivity index (χ1) is 29.0. The maximum atomic E-state index is 5.34. The number of fused-ring (bicyclic) bond motifs is 6. The topological polar surface area (TPSA) is 25.8 Å². The van der Waals surface area contributed by atoms with Crippen LogP contribution in [0.5, 0.6) is 0 Å². The van der Waals surface area contributed by atoms with Crippen molar-refractivity contribution in [2.45, 2.75) is 19.3 Å². The van der Waals surface area contributed by atoms with Crippen molar-refractivity contribution in [2.75, 3.05) is 0 Å². The Morgan fingerprint density at radius 1 is 0.305 bits per heavy atom. The van der Waals surface area contributed by atoms with E-state index in [9.17, 15) is 0 Å². The number of aromatic nitrogens is 2. The van der Waals surface area contributed by atoms with Crippen LogP contribution in [0, 0.1) is 0 Å². The lowest BCUT2D eigenvalue weighted by Gasteiger charge is -2.26. The standard InChI is InChI=1S/C57H40N2/c1-57(2)54-45(26-15-27-49(54)50-33-32-38-18-9-10-22-44(38)55(50)57)40-30-28-39(29-31-40)43-34-35-51(47-24-13-12-23-46(43)47)56-58-52(41-19-7-4-8-20-41)36-53(59-56)48-25-14-11-21-42(48)37-16-5-3-6-17-37/h3-36H,1-2H3. The zero-order chi connectivity index (χ0) is 39.5. The molecule has 2 heteroatoms. The van der Waals surface area contributed by atoms with Gasteiger partial charge >= 0.3 is 0 Å². The summed E-state index contributed by atoms with van der Waals surface area (Å²) < 4.78 is 0. The van der Waals surface area contributed by atoms with E-state index in [1.165, 1.54) is 60.7 Å². The highest BCUT2D eigenvalue weighted by Gasteiger charge is 2.38. The van der Waals surface area contributed by atoms with E-state index in [-0.39, 0.29) is 5.41 Å². The largest absolute Gasteiger partial charge is 0.228 e. The van der Waals surface area contributed by atoms with E-state index in [0.717, 1.165) is 44.6 Å². The van der Waals surface area contributed by atoms with Crippen LogP contribution in [-0.4, -0.2) is 9.97 Å². The van der Waals surface area contributed by atoms with Gasteiger partial charge in [0.1, 0.15) is 0 Å². The summed E-state index contributed by atoms with van der Waals surface area (Å²) in [4.78, 5) is 10.6. The number of nitrogens with zero attached hydrogens (tertiary/aromatic N) is 2. The molecule has 0 saturated carbocycles. The molecule has 0 amide bonds. The van der Waals surface area contributed by atoms with Crippen molar-refractivity contribution in [1.82, 2.24) is 9.97 Å². The fraction of sp³-hybridized carbons (Fsp3) is 0.0526. The summed E-state index contributed by atoms with van der Waals surface area (Å²) >= 11 is 0. The molecule has 0 atom stereocenters. The highest BCUT2D eigenvalue weighted by molar-refractivity contribution is 6.05. The molecule has 0 aliphatic heterocycles. The Bertz CT molecular complexity index is 3220. The summed E-state index contributed by atoms with van der Waals surface area (Å²) in [7, 11) is 0. The molecule has 10 aromatic rings. The normalized spacial score (nSPS) is 12.7. The summed E-state index contributed by atoms with van der Waals surface area (Å²) in [5, 5.41) is 4.92. The molecular weight excluding hydrogens is 713 g/mol. The van der Waals surface area contributed by atoms with Gasteiger partial charge in [-0.25, -0.2) is 9.97 Å². The van der Waals surface area contributed by atoms with Gasteiger partial charge in [-0.15, -0.1) is 0 Å². The maximum absolute atomic E-state index is 5.34. The lowest BCUT2D eigenvalue weighted by Crippen LogP contribution is -2.16. The van der Waals surface area contributed by atoms with E-state index < -0.39 is 0 Å². The molecule has 1 aliphatic rings. The van der Waals surface area contributed by atoms with Crippen LogP contribution < -0.4 is 0 Å². The molecule has 11 rings (SSSR count). The van der Waals surface area contributed by atoms with Crippen LogP contribution in [0.4, 0.5) is 0 Å². The Hall–Kier alpha value is -7.42. The van der Waals surface area contributed by atoms with Gasteiger partial charge in [0.25, 0.3) is 0 Å². The average molecular weight is 753 g/mol. The Morgan fingerprint density at radius 3 is 1.54 bits per heavy atom. The van der Waals surface area contributed by atoms with Gasteiger partial charge < -0.3 is 0 Å². The van der Waals surface area contributed by atoms with Gasteiger partial charge in [0, 0.05) is 22.1 Å². The van der Waals surface area contributed by atoms with Crippen molar-refractivity contribution in [3.8, 4) is 78.4 Å². The molecule has 59 heavy (non-hydrogen) atoms. The first kappa shape index (κ1) is 34.8. The number of hydrogen-bond acceptors (Lipinski definition) is 2. The van der Waals surface area contributed by atoms with Gasteiger partial charge in [-0.05, 0) is 89.3 Å². The summed E-state index contributed by atoms with van der Waals surface area (Å²) in [5.41, 5.74) is 17.5. The fourth-order valence-corrected chi connectivity index (χ4v) is 9.60. The minimum atomic E-state index is -0.143. The van der Waals surface area contributed by atoms with Crippen molar-refractivity contribution in [3.63, 3.8) is 0 Å². The third-order valence-corrected chi connectivity index (χ3v) is 12.3. The van der Waals surface area contributed by atoms with Crippen LogP contribution in [0.25, 0.3) is 100.0 Å². The molecule has 0 N–H and O–H groups in total. The maximum Gasteiger partial charge on any atom is 0.161 e. The minimum absolute atomic E-state index is 0.143. The number of rotatable bonds is 6. The van der Waals surface area contributed by atoms with Crippen molar-refractivity contribution in [1.29, 1.82) is 0 Å². The highest BCUT2D eigenvalue weighted by atomic mass is 14.9. The Kier molecular flexibility index (Phi) is 8.20. The second kappa shape index (κ2) is 13.9. The van der Waals surface area contributed by atoms with Crippen LogP contribution >= 0.6 is 0 Å². The lowest BCUT2D eigenvalue weighted by atomic mass is 9.77. The molecule has 1 aliphatic carbocycles. The van der Waals surface area contributed by atoms with E-state index in [2.05, 4.69) is 214 Å². The van der Waals surface area contributed by atoms with E-state index in [1.54, 1.807) is 0 Å². The zero-order valence-electron chi connectivity index (χ0n) is 33.0. The number of benzene rings is 9. The van der Waals surface area contributed by atoms with Gasteiger partial charge in [-0.2, -0.15) is 0 Å². The molecule has 0 radical (unpaired) electrons. The molecule has 1 aromatic heterocycles. The Labute approximate surface area is 345 Å². The molecule has 0 spiro atoms. The molecule has 0 bridgehead atoms. The highest BCUT2D eigenvalue weighted by Crippen LogP contribution is 2.54. The van der Waals surface area contributed by atoms with Crippen LogP contribution in [0.2, 0.25) is 0 Å². The van der Waals surface area contributed by atoms with Crippen molar-refractivity contribution < 1.29 is 0 Å². The second-order valence-corrected chi connectivity index (χ2v) is 16.1. The van der Waals surface area contributed by atoms with Gasteiger partial charge in [0.2, 0.25) is 0 Å². The smallest absolute Gasteiger partial charge is 0.161 e. The molecule has 9 aromatic carbocycles. The van der Waals surface area contributed by atoms with Crippen LogP contribution in [0.15, 0.2) is 206 Å². The second-order valence-electron chi connectivity index (χ2n) is 16.1. The van der Waals surface area contributed by atoms with Crippen molar-refractivity contribution in [2.24, 2.45) is 0 Å².